The highest BCUT2D eigenvalue weighted by molar-refractivity contribution is 5.88. The lowest BCUT2D eigenvalue weighted by atomic mass is 10.2. The van der Waals surface area contributed by atoms with Gasteiger partial charge in [0.2, 0.25) is 0 Å². The fourth-order valence-corrected chi connectivity index (χ4v) is 1.34. The number of methoxy groups -OCH3 is 1. The Bertz CT molecular complexity index is 508. The second-order valence-corrected chi connectivity index (χ2v) is 3.04. The number of rotatable bonds is 3. The molecule has 16 heavy (non-hydrogen) atoms. The predicted molar refractivity (Wildman–Crippen MR) is 54.9 cm³/mol. The first-order valence-corrected chi connectivity index (χ1v) is 4.50. The van der Waals surface area contributed by atoms with Crippen LogP contribution in [-0.4, -0.2) is 33.2 Å². The second kappa shape index (κ2) is 4.01. The molecule has 0 saturated carbocycles. The van der Waals surface area contributed by atoms with Gasteiger partial charge in [0, 0.05) is 0 Å². The highest BCUT2D eigenvalue weighted by atomic mass is 16.5. The van der Waals surface area contributed by atoms with Crippen LogP contribution in [-0.2, 0) is 0 Å². The molecule has 6 nitrogen and oxygen atoms in total. The van der Waals surface area contributed by atoms with E-state index in [1.807, 2.05) is 0 Å². The molecule has 0 radical (unpaired) electrons. The Morgan fingerprint density at radius 3 is 2.88 bits per heavy atom. The fourth-order valence-electron chi connectivity index (χ4n) is 1.34. The summed E-state index contributed by atoms with van der Waals surface area (Å²) in [5.41, 5.74) is 0.811. The van der Waals surface area contributed by atoms with Gasteiger partial charge in [-0.3, -0.25) is 0 Å². The SMILES string of the molecule is COc1cc(C(=O)O)ccc1-n1ccnn1. The highest BCUT2D eigenvalue weighted by Gasteiger charge is 2.10. The van der Waals surface area contributed by atoms with Crippen molar-refractivity contribution in [2.75, 3.05) is 7.11 Å². The van der Waals surface area contributed by atoms with Gasteiger partial charge in [0.05, 0.1) is 25.1 Å². The van der Waals surface area contributed by atoms with Crippen molar-refractivity contribution in [3.63, 3.8) is 0 Å². The Balaban J connectivity index is 2.51. The first-order chi connectivity index (χ1) is 7.72. The number of aromatic carboxylic acids is 1. The van der Waals surface area contributed by atoms with E-state index < -0.39 is 5.97 Å². The van der Waals surface area contributed by atoms with Crippen LogP contribution >= 0.6 is 0 Å². The monoisotopic (exact) mass is 219 g/mol. The van der Waals surface area contributed by atoms with Crippen LogP contribution in [0.1, 0.15) is 10.4 Å². The van der Waals surface area contributed by atoms with Crippen LogP contribution in [0.5, 0.6) is 5.75 Å². The number of ether oxygens (including phenoxy) is 1. The molecule has 0 bridgehead atoms. The van der Waals surface area contributed by atoms with Crippen molar-refractivity contribution < 1.29 is 14.6 Å². The summed E-state index contributed by atoms with van der Waals surface area (Å²) in [7, 11) is 1.47. The Labute approximate surface area is 91.1 Å². The topological polar surface area (TPSA) is 77.2 Å². The van der Waals surface area contributed by atoms with Gasteiger partial charge in [-0.25, -0.2) is 9.48 Å². The molecule has 1 aromatic carbocycles. The number of carboxylic acids is 1. The minimum absolute atomic E-state index is 0.167. The lowest BCUT2D eigenvalue weighted by Gasteiger charge is -2.08. The summed E-state index contributed by atoms with van der Waals surface area (Å²) in [6.45, 7) is 0. The summed E-state index contributed by atoms with van der Waals surface area (Å²) in [5.74, 6) is -0.561. The third-order valence-corrected chi connectivity index (χ3v) is 2.10. The largest absolute Gasteiger partial charge is 0.494 e. The summed E-state index contributed by atoms with van der Waals surface area (Å²) in [4.78, 5) is 10.8. The molecule has 0 unspecified atom stereocenters. The molecule has 0 fully saturated rings. The maximum atomic E-state index is 10.8. The molecule has 0 aliphatic carbocycles. The minimum atomic E-state index is -0.997. The summed E-state index contributed by atoms with van der Waals surface area (Å²) >= 11 is 0. The van der Waals surface area contributed by atoms with Gasteiger partial charge >= 0.3 is 5.97 Å². The van der Waals surface area contributed by atoms with E-state index >= 15 is 0 Å². The molecule has 0 aliphatic rings. The smallest absolute Gasteiger partial charge is 0.335 e. The summed E-state index contributed by atoms with van der Waals surface area (Å²) in [5, 5.41) is 16.3. The quantitative estimate of drug-likeness (QED) is 0.832. The van der Waals surface area contributed by atoms with Crippen LogP contribution in [0.4, 0.5) is 0 Å². The molecule has 1 heterocycles. The van der Waals surface area contributed by atoms with Gasteiger partial charge in [0.25, 0.3) is 0 Å². The summed E-state index contributed by atoms with van der Waals surface area (Å²) in [6, 6.07) is 4.55. The van der Waals surface area contributed by atoms with Gasteiger partial charge in [-0.1, -0.05) is 5.21 Å². The zero-order valence-corrected chi connectivity index (χ0v) is 8.49. The standard InChI is InChI=1S/C10H9N3O3/c1-16-9-6-7(10(14)15)2-3-8(9)13-5-4-11-12-13/h2-6H,1H3,(H,14,15). The second-order valence-electron chi connectivity index (χ2n) is 3.04. The number of aromatic nitrogens is 3. The van der Waals surface area contributed by atoms with Gasteiger partial charge in [-0.05, 0) is 18.2 Å². The molecule has 0 amide bonds. The van der Waals surface area contributed by atoms with Crippen molar-refractivity contribution in [3.8, 4) is 11.4 Å². The molecule has 6 heteroatoms. The van der Waals surface area contributed by atoms with E-state index in [1.165, 1.54) is 30.1 Å². The maximum absolute atomic E-state index is 10.8. The molecule has 2 aromatic rings. The van der Waals surface area contributed by atoms with Crippen LogP contribution in [0.2, 0.25) is 0 Å². The number of carboxylic acid groups (broad SMARTS) is 1. The molecule has 0 saturated heterocycles. The predicted octanol–water partition coefficient (Wildman–Crippen LogP) is 0.974. The zero-order chi connectivity index (χ0) is 11.5. The fraction of sp³-hybridized carbons (Fsp3) is 0.100. The highest BCUT2D eigenvalue weighted by Crippen LogP contribution is 2.23. The molecule has 0 spiro atoms. The van der Waals surface area contributed by atoms with Crippen molar-refractivity contribution in [3.05, 3.63) is 36.2 Å². The zero-order valence-electron chi connectivity index (χ0n) is 8.49. The van der Waals surface area contributed by atoms with Gasteiger partial charge in [0.1, 0.15) is 11.4 Å². The van der Waals surface area contributed by atoms with Crippen molar-refractivity contribution >= 4 is 5.97 Å². The van der Waals surface area contributed by atoms with Crippen LogP contribution in [0, 0.1) is 0 Å². The van der Waals surface area contributed by atoms with Crippen LogP contribution < -0.4 is 4.74 Å². The van der Waals surface area contributed by atoms with Crippen molar-refractivity contribution in [1.82, 2.24) is 15.0 Å². The van der Waals surface area contributed by atoms with Crippen molar-refractivity contribution in [2.45, 2.75) is 0 Å². The first kappa shape index (κ1) is 10.2. The lowest BCUT2D eigenvalue weighted by Crippen LogP contribution is -2.02. The number of benzene rings is 1. The summed E-state index contributed by atoms with van der Waals surface area (Å²) < 4.78 is 6.61. The van der Waals surface area contributed by atoms with E-state index in [2.05, 4.69) is 10.3 Å². The Morgan fingerprint density at radius 1 is 1.50 bits per heavy atom. The van der Waals surface area contributed by atoms with Gasteiger partial charge in [-0.2, -0.15) is 0 Å². The van der Waals surface area contributed by atoms with Crippen molar-refractivity contribution in [2.24, 2.45) is 0 Å². The van der Waals surface area contributed by atoms with Gasteiger partial charge < -0.3 is 9.84 Å². The van der Waals surface area contributed by atoms with Gasteiger partial charge in [-0.15, -0.1) is 5.10 Å². The normalized spacial score (nSPS) is 10.1. The Hall–Kier alpha value is -2.37. The van der Waals surface area contributed by atoms with E-state index in [4.69, 9.17) is 9.84 Å². The average Bonchev–Trinajstić information content (AvgIpc) is 2.81. The maximum Gasteiger partial charge on any atom is 0.335 e. The third kappa shape index (κ3) is 1.72. The van der Waals surface area contributed by atoms with Crippen LogP contribution in [0.15, 0.2) is 30.6 Å². The van der Waals surface area contributed by atoms with Crippen molar-refractivity contribution in [1.29, 1.82) is 0 Å². The number of nitrogens with zero attached hydrogens (tertiary/aromatic N) is 3. The molecule has 2 rings (SSSR count). The van der Waals surface area contributed by atoms with Crippen LogP contribution in [0.25, 0.3) is 5.69 Å². The average molecular weight is 219 g/mol. The molecule has 0 aliphatic heterocycles. The van der Waals surface area contributed by atoms with E-state index in [9.17, 15) is 4.79 Å². The van der Waals surface area contributed by atoms with Crippen LogP contribution in [0.3, 0.4) is 0 Å². The number of hydrogen-bond acceptors (Lipinski definition) is 4. The first-order valence-electron chi connectivity index (χ1n) is 4.50. The van der Waals surface area contributed by atoms with E-state index in [0.29, 0.717) is 11.4 Å². The lowest BCUT2D eigenvalue weighted by molar-refractivity contribution is 0.0696. The number of carbonyl (C=O) groups is 1. The van der Waals surface area contributed by atoms with E-state index in [0.717, 1.165) is 0 Å². The molecular formula is C10H9N3O3. The molecule has 0 atom stereocenters. The molecule has 1 aromatic heterocycles. The minimum Gasteiger partial charge on any atom is -0.494 e. The molecular weight excluding hydrogens is 210 g/mol. The Kier molecular flexibility index (Phi) is 2.55. The molecule has 82 valence electrons. The summed E-state index contributed by atoms with van der Waals surface area (Å²) in [6.07, 6.45) is 3.18. The Morgan fingerprint density at radius 2 is 2.31 bits per heavy atom. The van der Waals surface area contributed by atoms with E-state index in [-0.39, 0.29) is 5.56 Å². The molecule has 1 N–H and O–H groups in total. The van der Waals surface area contributed by atoms with E-state index in [1.54, 1.807) is 12.3 Å². The number of hydrogen-bond donors (Lipinski definition) is 1. The third-order valence-electron chi connectivity index (χ3n) is 2.10. The van der Waals surface area contributed by atoms with Gasteiger partial charge in [0.15, 0.2) is 0 Å².